The SMILES string of the molecule is COc1ccc(-c2ncn(Cc3ccccc3)c2-c2ccc(OC)cc2)cc1. The molecule has 28 heavy (non-hydrogen) atoms. The van der Waals surface area contributed by atoms with Crippen LogP contribution in [0.15, 0.2) is 85.2 Å². The molecule has 0 amide bonds. The number of imidazole rings is 1. The third kappa shape index (κ3) is 3.62. The summed E-state index contributed by atoms with van der Waals surface area (Å²) in [7, 11) is 3.35. The number of hydrogen-bond acceptors (Lipinski definition) is 3. The first-order valence-corrected chi connectivity index (χ1v) is 9.16. The molecule has 0 radical (unpaired) electrons. The summed E-state index contributed by atoms with van der Waals surface area (Å²) in [6, 6.07) is 26.5. The fourth-order valence-corrected chi connectivity index (χ4v) is 3.29. The van der Waals surface area contributed by atoms with Crippen LogP contribution in [0.4, 0.5) is 0 Å². The Morgan fingerprint density at radius 3 is 1.86 bits per heavy atom. The second-order valence-corrected chi connectivity index (χ2v) is 6.51. The Morgan fingerprint density at radius 2 is 1.29 bits per heavy atom. The van der Waals surface area contributed by atoms with Gasteiger partial charge in [0.05, 0.1) is 31.9 Å². The minimum Gasteiger partial charge on any atom is -0.497 e. The molecule has 3 aromatic carbocycles. The molecule has 0 atom stereocenters. The zero-order valence-corrected chi connectivity index (χ0v) is 16.0. The van der Waals surface area contributed by atoms with Gasteiger partial charge in [-0.2, -0.15) is 0 Å². The van der Waals surface area contributed by atoms with Crippen LogP contribution in [0.2, 0.25) is 0 Å². The number of benzene rings is 3. The van der Waals surface area contributed by atoms with Crippen molar-refractivity contribution in [1.82, 2.24) is 9.55 Å². The predicted octanol–water partition coefficient (Wildman–Crippen LogP) is 5.28. The molecule has 4 heteroatoms. The van der Waals surface area contributed by atoms with Crippen molar-refractivity contribution in [3.8, 4) is 34.0 Å². The van der Waals surface area contributed by atoms with Gasteiger partial charge in [0, 0.05) is 17.7 Å². The first-order chi connectivity index (χ1) is 13.8. The molecule has 0 aliphatic heterocycles. The maximum absolute atomic E-state index is 5.32. The molecule has 0 spiro atoms. The fourth-order valence-electron chi connectivity index (χ4n) is 3.29. The minimum atomic E-state index is 0.755. The minimum absolute atomic E-state index is 0.755. The number of nitrogens with zero attached hydrogens (tertiary/aromatic N) is 2. The quantitative estimate of drug-likeness (QED) is 0.463. The lowest BCUT2D eigenvalue weighted by Crippen LogP contribution is -2.01. The summed E-state index contributed by atoms with van der Waals surface area (Å²) >= 11 is 0. The van der Waals surface area contributed by atoms with Gasteiger partial charge in [0.2, 0.25) is 0 Å². The van der Waals surface area contributed by atoms with Crippen LogP contribution < -0.4 is 9.47 Å². The molecule has 0 bridgehead atoms. The van der Waals surface area contributed by atoms with Crippen LogP contribution in [0, 0.1) is 0 Å². The molecule has 140 valence electrons. The lowest BCUT2D eigenvalue weighted by molar-refractivity contribution is 0.414. The van der Waals surface area contributed by atoms with E-state index in [0.717, 1.165) is 40.6 Å². The van der Waals surface area contributed by atoms with E-state index >= 15 is 0 Å². The molecular formula is C24H22N2O2. The first-order valence-electron chi connectivity index (χ1n) is 9.16. The molecule has 0 saturated carbocycles. The van der Waals surface area contributed by atoms with Crippen molar-refractivity contribution >= 4 is 0 Å². The van der Waals surface area contributed by atoms with Gasteiger partial charge >= 0.3 is 0 Å². The Kier molecular flexibility index (Phi) is 5.11. The molecule has 0 aliphatic rings. The van der Waals surface area contributed by atoms with Crippen molar-refractivity contribution < 1.29 is 9.47 Å². The number of hydrogen-bond donors (Lipinski definition) is 0. The van der Waals surface area contributed by atoms with E-state index in [2.05, 4.69) is 41.0 Å². The van der Waals surface area contributed by atoms with Gasteiger partial charge in [0.25, 0.3) is 0 Å². The lowest BCUT2D eigenvalue weighted by Gasteiger charge is -2.12. The molecule has 0 saturated heterocycles. The van der Waals surface area contributed by atoms with Crippen LogP contribution in [0.1, 0.15) is 5.56 Å². The van der Waals surface area contributed by atoms with Gasteiger partial charge in [-0.05, 0) is 54.1 Å². The normalized spacial score (nSPS) is 10.6. The van der Waals surface area contributed by atoms with E-state index in [4.69, 9.17) is 14.5 Å². The lowest BCUT2D eigenvalue weighted by atomic mass is 10.0. The van der Waals surface area contributed by atoms with Crippen molar-refractivity contribution in [2.75, 3.05) is 14.2 Å². The largest absolute Gasteiger partial charge is 0.497 e. The Hall–Kier alpha value is -3.53. The van der Waals surface area contributed by atoms with Crippen LogP contribution in [0.25, 0.3) is 22.5 Å². The first kappa shape index (κ1) is 17.9. The van der Waals surface area contributed by atoms with Gasteiger partial charge in [-0.15, -0.1) is 0 Å². The molecule has 1 heterocycles. The van der Waals surface area contributed by atoms with Crippen molar-refractivity contribution in [3.63, 3.8) is 0 Å². The summed E-state index contributed by atoms with van der Waals surface area (Å²) < 4.78 is 12.8. The maximum atomic E-state index is 5.32. The number of rotatable bonds is 6. The maximum Gasteiger partial charge on any atom is 0.118 e. The van der Waals surface area contributed by atoms with Gasteiger partial charge in [0.15, 0.2) is 0 Å². The Labute approximate surface area is 165 Å². The van der Waals surface area contributed by atoms with E-state index in [0.29, 0.717) is 0 Å². The topological polar surface area (TPSA) is 36.3 Å². The molecule has 0 fully saturated rings. The van der Waals surface area contributed by atoms with Crippen molar-refractivity contribution in [3.05, 3.63) is 90.8 Å². The van der Waals surface area contributed by atoms with E-state index in [-0.39, 0.29) is 0 Å². The number of ether oxygens (including phenoxy) is 2. The van der Waals surface area contributed by atoms with Crippen LogP contribution in [-0.2, 0) is 6.54 Å². The van der Waals surface area contributed by atoms with E-state index in [1.807, 2.05) is 48.8 Å². The fraction of sp³-hybridized carbons (Fsp3) is 0.125. The standard InChI is InChI=1S/C24H22N2O2/c1-27-21-12-8-19(9-13-21)23-24(20-10-14-22(28-2)15-11-20)26(17-25-23)16-18-6-4-3-5-7-18/h3-15,17H,16H2,1-2H3. The third-order valence-electron chi connectivity index (χ3n) is 4.76. The second kappa shape index (κ2) is 8.01. The third-order valence-corrected chi connectivity index (χ3v) is 4.76. The molecule has 0 N–H and O–H groups in total. The van der Waals surface area contributed by atoms with Crippen LogP contribution in [0.5, 0.6) is 11.5 Å². The summed E-state index contributed by atoms with van der Waals surface area (Å²) in [6.45, 7) is 0.755. The van der Waals surface area contributed by atoms with Gasteiger partial charge in [-0.25, -0.2) is 4.98 Å². The highest BCUT2D eigenvalue weighted by atomic mass is 16.5. The molecule has 0 aliphatic carbocycles. The highest BCUT2D eigenvalue weighted by molar-refractivity contribution is 5.79. The molecule has 4 aromatic rings. The molecule has 1 aromatic heterocycles. The summed E-state index contributed by atoms with van der Waals surface area (Å²) in [6.07, 6.45) is 1.91. The summed E-state index contributed by atoms with van der Waals surface area (Å²) in [5.41, 5.74) is 5.41. The van der Waals surface area contributed by atoms with Gasteiger partial charge in [0.1, 0.15) is 11.5 Å². The van der Waals surface area contributed by atoms with Gasteiger partial charge < -0.3 is 14.0 Å². The van der Waals surface area contributed by atoms with Crippen LogP contribution >= 0.6 is 0 Å². The van der Waals surface area contributed by atoms with Crippen molar-refractivity contribution in [2.45, 2.75) is 6.54 Å². The monoisotopic (exact) mass is 370 g/mol. The van der Waals surface area contributed by atoms with Gasteiger partial charge in [-0.1, -0.05) is 30.3 Å². The summed E-state index contributed by atoms with van der Waals surface area (Å²) in [4.78, 5) is 4.75. The Morgan fingerprint density at radius 1 is 0.714 bits per heavy atom. The number of aromatic nitrogens is 2. The predicted molar refractivity (Wildman–Crippen MR) is 112 cm³/mol. The zero-order chi connectivity index (χ0) is 19.3. The highest BCUT2D eigenvalue weighted by Gasteiger charge is 2.15. The van der Waals surface area contributed by atoms with Crippen LogP contribution in [-0.4, -0.2) is 23.8 Å². The average Bonchev–Trinajstić information content (AvgIpc) is 3.18. The Bertz CT molecular complexity index is 1040. The van der Waals surface area contributed by atoms with Crippen molar-refractivity contribution in [2.24, 2.45) is 0 Å². The highest BCUT2D eigenvalue weighted by Crippen LogP contribution is 2.33. The molecule has 4 rings (SSSR count). The van der Waals surface area contributed by atoms with E-state index in [9.17, 15) is 0 Å². The second-order valence-electron chi connectivity index (χ2n) is 6.51. The van der Waals surface area contributed by atoms with Gasteiger partial charge in [-0.3, -0.25) is 0 Å². The molecule has 4 nitrogen and oxygen atoms in total. The summed E-state index contributed by atoms with van der Waals surface area (Å²) in [5.74, 6) is 1.67. The van der Waals surface area contributed by atoms with E-state index in [1.54, 1.807) is 14.2 Å². The molecular weight excluding hydrogens is 348 g/mol. The number of methoxy groups -OCH3 is 2. The smallest absolute Gasteiger partial charge is 0.118 e. The average molecular weight is 370 g/mol. The van der Waals surface area contributed by atoms with E-state index < -0.39 is 0 Å². The molecule has 0 unspecified atom stereocenters. The Balaban J connectivity index is 1.80. The van der Waals surface area contributed by atoms with E-state index in [1.165, 1.54) is 5.56 Å². The summed E-state index contributed by atoms with van der Waals surface area (Å²) in [5, 5.41) is 0. The zero-order valence-electron chi connectivity index (χ0n) is 16.0. The van der Waals surface area contributed by atoms with Crippen LogP contribution in [0.3, 0.4) is 0 Å². The van der Waals surface area contributed by atoms with Crippen molar-refractivity contribution in [1.29, 1.82) is 0 Å².